The molecule has 0 spiro atoms. The topological polar surface area (TPSA) is 24.3 Å². The Bertz CT molecular complexity index is 1120. The fourth-order valence-corrected chi connectivity index (χ4v) is 5.02. The van der Waals surface area contributed by atoms with Crippen LogP contribution < -0.4 is 0 Å². The summed E-state index contributed by atoms with van der Waals surface area (Å²) in [7, 11) is 0. The van der Waals surface area contributed by atoms with Crippen LogP contribution in [0.4, 0.5) is 0 Å². The molecule has 4 nitrogen and oxygen atoms in total. The molecule has 1 aromatic heterocycles. The number of piperazine rings is 1. The van der Waals surface area contributed by atoms with Gasteiger partial charge in [-0.05, 0) is 34.4 Å². The average Bonchev–Trinajstić information content (AvgIpc) is 3.34. The summed E-state index contributed by atoms with van der Waals surface area (Å²) in [5.74, 6) is 0. The minimum Gasteiger partial charge on any atom is -0.317 e. The molecule has 6 rings (SSSR count). The van der Waals surface area contributed by atoms with Crippen molar-refractivity contribution in [1.29, 1.82) is 0 Å². The first-order valence-electron chi connectivity index (χ1n) is 10.4. The number of rotatable bonds is 3. The Morgan fingerprint density at radius 1 is 0.724 bits per heavy atom. The first-order chi connectivity index (χ1) is 14.4. The number of hydrogen-bond acceptors (Lipinski definition) is 3. The van der Waals surface area contributed by atoms with E-state index in [-0.39, 0.29) is 0 Å². The number of nitrogens with zero attached hydrogens (tertiary/aromatic N) is 4. The molecular formula is C25H24N4. The van der Waals surface area contributed by atoms with E-state index < -0.39 is 0 Å². The lowest BCUT2D eigenvalue weighted by Crippen LogP contribution is -2.47. The van der Waals surface area contributed by atoms with Crippen molar-refractivity contribution in [1.82, 2.24) is 19.4 Å². The monoisotopic (exact) mass is 380 g/mol. The molecule has 0 bridgehead atoms. The summed E-state index contributed by atoms with van der Waals surface area (Å²) in [5, 5.41) is 0. The largest absolute Gasteiger partial charge is 0.317 e. The Labute approximate surface area is 171 Å². The molecule has 0 atom stereocenters. The van der Waals surface area contributed by atoms with Crippen molar-refractivity contribution >= 4 is 11.0 Å². The predicted molar refractivity (Wildman–Crippen MR) is 117 cm³/mol. The molecule has 3 aromatic carbocycles. The van der Waals surface area contributed by atoms with Crippen LogP contribution in [0.3, 0.4) is 0 Å². The maximum absolute atomic E-state index is 4.54. The molecule has 2 heterocycles. The first kappa shape index (κ1) is 17.0. The van der Waals surface area contributed by atoms with Crippen molar-refractivity contribution in [2.75, 3.05) is 26.2 Å². The van der Waals surface area contributed by atoms with Gasteiger partial charge in [-0.1, -0.05) is 60.7 Å². The van der Waals surface area contributed by atoms with E-state index in [1.54, 1.807) is 0 Å². The van der Waals surface area contributed by atoms with E-state index >= 15 is 0 Å². The Morgan fingerprint density at radius 2 is 1.34 bits per heavy atom. The van der Waals surface area contributed by atoms with Gasteiger partial charge in [0.15, 0.2) is 0 Å². The number of aromatic nitrogens is 2. The highest BCUT2D eigenvalue weighted by atomic mass is 15.3. The molecule has 0 saturated carbocycles. The lowest BCUT2D eigenvalue weighted by atomic mass is 10.0. The molecule has 144 valence electrons. The zero-order valence-corrected chi connectivity index (χ0v) is 16.4. The summed E-state index contributed by atoms with van der Waals surface area (Å²) < 4.78 is 2.27. The van der Waals surface area contributed by atoms with E-state index in [1.165, 1.54) is 27.8 Å². The third-order valence-electron chi connectivity index (χ3n) is 6.45. The van der Waals surface area contributed by atoms with Gasteiger partial charge in [-0.15, -0.1) is 0 Å². The lowest BCUT2D eigenvalue weighted by molar-refractivity contribution is 0.0907. The van der Waals surface area contributed by atoms with Gasteiger partial charge in [0.2, 0.25) is 0 Å². The molecule has 0 unspecified atom stereocenters. The Kier molecular flexibility index (Phi) is 3.99. The van der Waals surface area contributed by atoms with Crippen molar-refractivity contribution in [2.24, 2.45) is 0 Å². The van der Waals surface area contributed by atoms with Crippen molar-refractivity contribution in [3.63, 3.8) is 0 Å². The van der Waals surface area contributed by atoms with Gasteiger partial charge in [-0.2, -0.15) is 0 Å². The minimum absolute atomic E-state index is 0.388. The third-order valence-corrected chi connectivity index (χ3v) is 6.45. The van der Waals surface area contributed by atoms with Gasteiger partial charge in [0.1, 0.15) is 0 Å². The zero-order valence-electron chi connectivity index (χ0n) is 16.4. The molecule has 1 saturated heterocycles. The number of fused-ring (bicyclic) bond motifs is 4. The summed E-state index contributed by atoms with van der Waals surface area (Å²) in [6, 6.07) is 26.6. The summed E-state index contributed by atoms with van der Waals surface area (Å²) in [6.45, 7) is 5.23. The fourth-order valence-electron chi connectivity index (χ4n) is 5.02. The van der Waals surface area contributed by atoms with E-state index in [9.17, 15) is 0 Å². The zero-order chi connectivity index (χ0) is 19.2. The van der Waals surface area contributed by atoms with Crippen LogP contribution in [0, 0.1) is 0 Å². The van der Waals surface area contributed by atoms with Crippen LogP contribution in [0.5, 0.6) is 0 Å². The van der Waals surface area contributed by atoms with E-state index in [1.807, 2.05) is 6.33 Å². The van der Waals surface area contributed by atoms with Crippen LogP contribution in [-0.2, 0) is 6.67 Å². The van der Waals surface area contributed by atoms with E-state index in [2.05, 4.69) is 92.1 Å². The van der Waals surface area contributed by atoms with Crippen molar-refractivity contribution in [3.05, 3.63) is 90.3 Å². The maximum atomic E-state index is 4.54. The van der Waals surface area contributed by atoms with Crippen LogP contribution in [-0.4, -0.2) is 45.5 Å². The molecule has 4 heteroatoms. The number of imidazole rings is 1. The van der Waals surface area contributed by atoms with Crippen LogP contribution in [0.1, 0.15) is 17.2 Å². The lowest BCUT2D eigenvalue weighted by Gasteiger charge is -2.38. The normalized spacial score (nSPS) is 17.5. The SMILES string of the molecule is c1ccc2c(c1)-c1ccccc1C2N1CCN(Cn2cnc3ccccc32)CC1. The summed E-state index contributed by atoms with van der Waals surface area (Å²) in [5.41, 5.74) is 8.02. The van der Waals surface area contributed by atoms with Gasteiger partial charge >= 0.3 is 0 Å². The second-order valence-corrected chi connectivity index (χ2v) is 8.08. The van der Waals surface area contributed by atoms with Gasteiger partial charge in [0.25, 0.3) is 0 Å². The summed E-state index contributed by atoms with van der Waals surface area (Å²) in [4.78, 5) is 9.74. The number of para-hydroxylation sites is 2. The third kappa shape index (κ3) is 2.79. The Balaban J connectivity index is 1.22. The first-order valence-corrected chi connectivity index (χ1v) is 10.4. The van der Waals surface area contributed by atoms with E-state index in [0.717, 1.165) is 38.4 Å². The second kappa shape index (κ2) is 6.83. The van der Waals surface area contributed by atoms with Crippen molar-refractivity contribution in [2.45, 2.75) is 12.7 Å². The van der Waals surface area contributed by atoms with Gasteiger partial charge in [0, 0.05) is 26.2 Å². The van der Waals surface area contributed by atoms with Crippen LogP contribution in [0.25, 0.3) is 22.2 Å². The predicted octanol–water partition coefficient (Wildman–Crippen LogP) is 4.38. The van der Waals surface area contributed by atoms with Crippen molar-refractivity contribution < 1.29 is 0 Å². The van der Waals surface area contributed by atoms with Gasteiger partial charge in [0.05, 0.1) is 30.1 Å². The fraction of sp³-hybridized carbons (Fsp3) is 0.240. The van der Waals surface area contributed by atoms with Crippen LogP contribution >= 0.6 is 0 Å². The molecule has 1 aliphatic heterocycles. The van der Waals surface area contributed by atoms with E-state index in [0.29, 0.717) is 6.04 Å². The van der Waals surface area contributed by atoms with Crippen LogP contribution in [0.15, 0.2) is 79.1 Å². The maximum Gasteiger partial charge on any atom is 0.0969 e. The summed E-state index contributed by atoms with van der Waals surface area (Å²) in [6.07, 6.45) is 1.97. The highest BCUT2D eigenvalue weighted by molar-refractivity contribution is 5.78. The molecule has 0 amide bonds. The number of benzene rings is 3. The molecule has 0 N–H and O–H groups in total. The second-order valence-electron chi connectivity index (χ2n) is 8.08. The Hall–Kier alpha value is -2.95. The number of hydrogen-bond donors (Lipinski definition) is 0. The molecule has 0 radical (unpaired) electrons. The smallest absolute Gasteiger partial charge is 0.0969 e. The minimum atomic E-state index is 0.388. The van der Waals surface area contributed by atoms with Gasteiger partial charge < -0.3 is 4.57 Å². The average molecular weight is 380 g/mol. The van der Waals surface area contributed by atoms with Crippen LogP contribution in [0.2, 0.25) is 0 Å². The molecule has 1 aliphatic carbocycles. The highest BCUT2D eigenvalue weighted by Gasteiger charge is 2.34. The van der Waals surface area contributed by atoms with E-state index in [4.69, 9.17) is 0 Å². The Morgan fingerprint density at radius 3 is 2.07 bits per heavy atom. The molecule has 4 aromatic rings. The molecule has 2 aliphatic rings. The van der Waals surface area contributed by atoms with Gasteiger partial charge in [-0.3, -0.25) is 9.80 Å². The quantitative estimate of drug-likeness (QED) is 0.527. The highest BCUT2D eigenvalue weighted by Crippen LogP contribution is 2.46. The van der Waals surface area contributed by atoms with Crippen molar-refractivity contribution in [3.8, 4) is 11.1 Å². The molecule has 29 heavy (non-hydrogen) atoms. The standard InChI is InChI=1S/C25H24N4/c1-3-9-21-19(7-1)20-8-2-4-10-22(20)25(21)28-15-13-27(14-16-28)18-29-17-26-23-11-5-6-12-24(23)29/h1-12,17,25H,13-16,18H2. The van der Waals surface area contributed by atoms with Gasteiger partial charge in [-0.25, -0.2) is 4.98 Å². The molecular weight excluding hydrogens is 356 g/mol. The summed E-state index contributed by atoms with van der Waals surface area (Å²) >= 11 is 0. The molecule has 1 fully saturated rings.